The molecule has 3 rings (SSSR count). The van der Waals surface area contributed by atoms with Gasteiger partial charge in [-0.25, -0.2) is 4.39 Å². The van der Waals surface area contributed by atoms with E-state index in [1.54, 1.807) is 12.3 Å². The fourth-order valence-corrected chi connectivity index (χ4v) is 3.42. The number of hydrogen-bond acceptors (Lipinski definition) is 2. The summed E-state index contributed by atoms with van der Waals surface area (Å²) >= 11 is 0. The monoisotopic (exact) mass is 380 g/mol. The number of amides is 1. The largest absolute Gasteiger partial charge is 0.471 e. The number of halogens is 4. The van der Waals surface area contributed by atoms with Crippen molar-refractivity contribution in [3.05, 3.63) is 59.7 Å². The van der Waals surface area contributed by atoms with E-state index in [2.05, 4.69) is 4.98 Å². The molecule has 3 nitrogen and oxygen atoms in total. The van der Waals surface area contributed by atoms with Crippen LogP contribution in [0.3, 0.4) is 0 Å². The molecule has 144 valence electrons. The fourth-order valence-electron chi connectivity index (χ4n) is 3.42. The highest BCUT2D eigenvalue weighted by Gasteiger charge is 2.43. The van der Waals surface area contributed by atoms with E-state index in [0.717, 1.165) is 42.7 Å². The van der Waals surface area contributed by atoms with Gasteiger partial charge in [0.25, 0.3) is 0 Å². The van der Waals surface area contributed by atoms with Gasteiger partial charge in [-0.1, -0.05) is 25.3 Å². The van der Waals surface area contributed by atoms with Gasteiger partial charge in [0.1, 0.15) is 5.82 Å². The lowest BCUT2D eigenvalue weighted by molar-refractivity contribution is -0.170. The molecule has 1 amide bonds. The third-order valence-electron chi connectivity index (χ3n) is 4.87. The Labute approximate surface area is 155 Å². The zero-order valence-corrected chi connectivity index (χ0v) is 14.7. The van der Waals surface area contributed by atoms with Crippen LogP contribution >= 0.6 is 0 Å². The van der Waals surface area contributed by atoms with Crippen molar-refractivity contribution in [2.24, 2.45) is 0 Å². The van der Waals surface area contributed by atoms with Gasteiger partial charge in [0.2, 0.25) is 0 Å². The molecule has 1 aliphatic carbocycles. The fraction of sp³-hybridized carbons (Fsp3) is 0.400. The molecule has 1 fully saturated rings. The van der Waals surface area contributed by atoms with Crippen LogP contribution in [0.15, 0.2) is 42.6 Å². The summed E-state index contributed by atoms with van der Waals surface area (Å²) in [5, 5.41) is 0. The van der Waals surface area contributed by atoms with Crippen LogP contribution in [0.1, 0.15) is 49.3 Å². The van der Waals surface area contributed by atoms with Crippen LogP contribution in [0.4, 0.5) is 23.2 Å². The second kappa shape index (κ2) is 8.06. The van der Waals surface area contributed by atoms with Crippen molar-refractivity contribution in [2.45, 2.75) is 50.7 Å². The number of carbonyl (C=O) groups is 1. The molecule has 1 aromatic heterocycles. The van der Waals surface area contributed by atoms with E-state index in [0.29, 0.717) is 16.5 Å². The van der Waals surface area contributed by atoms with Crippen molar-refractivity contribution < 1.29 is 22.4 Å². The maximum atomic E-state index is 13.1. The average Bonchev–Trinajstić information content (AvgIpc) is 2.67. The Morgan fingerprint density at radius 3 is 2.26 bits per heavy atom. The Balaban J connectivity index is 1.81. The van der Waals surface area contributed by atoms with Crippen molar-refractivity contribution in [1.82, 2.24) is 4.98 Å². The summed E-state index contributed by atoms with van der Waals surface area (Å²) in [6.07, 6.45) is 2.41. The lowest BCUT2D eigenvalue weighted by Crippen LogP contribution is -2.41. The van der Waals surface area contributed by atoms with Crippen molar-refractivity contribution in [1.29, 1.82) is 0 Å². The maximum Gasteiger partial charge on any atom is 0.471 e. The number of carbonyl (C=O) groups excluding carboxylic acids is 1. The lowest BCUT2D eigenvalue weighted by Gasteiger charge is -2.24. The molecule has 0 saturated heterocycles. The Kier molecular flexibility index (Phi) is 5.77. The van der Waals surface area contributed by atoms with Crippen LogP contribution in [0.2, 0.25) is 0 Å². The average molecular weight is 380 g/mol. The van der Waals surface area contributed by atoms with Crippen LogP contribution in [-0.2, 0) is 11.3 Å². The third kappa shape index (κ3) is 4.84. The first-order valence-corrected chi connectivity index (χ1v) is 8.93. The van der Waals surface area contributed by atoms with Crippen LogP contribution in [0.25, 0.3) is 0 Å². The Morgan fingerprint density at radius 1 is 1.04 bits per heavy atom. The Hall–Kier alpha value is -2.44. The van der Waals surface area contributed by atoms with Crippen LogP contribution in [0.5, 0.6) is 0 Å². The van der Waals surface area contributed by atoms with E-state index in [9.17, 15) is 22.4 Å². The predicted octanol–water partition coefficient (Wildman–Crippen LogP) is 5.36. The van der Waals surface area contributed by atoms with E-state index in [1.165, 1.54) is 19.3 Å². The molecule has 7 heteroatoms. The van der Waals surface area contributed by atoms with Gasteiger partial charge < -0.3 is 0 Å². The molecule has 0 radical (unpaired) electrons. The molecule has 27 heavy (non-hydrogen) atoms. The predicted molar refractivity (Wildman–Crippen MR) is 93.7 cm³/mol. The van der Waals surface area contributed by atoms with E-state index < -0.39 is 17.9 Å². The molecule has 1 heterocycles. The van der Waals surface area contributed by atoms with Gasteiger partial charge in [-0.05, 0) is 54.7 Å². The SMILES string of the molecule is O=C(N(Cc1ccc(C2CCCCC2)cn1)c1ccc(F)cc1)C(F)(F)F. The number of pyridine rings is 1. The van der Waals surface area contributed by atoms with Crippen molar-refractivity contribution in [2.75, 3.05) is 4.90 Å². The molecule has 0 N–H and O–H groups in total. The highest BCUT2D eigenvalue weighted by atomic mass is 19.4. The van der Waals surface area contributed by atoms with Gasteiger partial charge in [0.15, 0.2) is 0 Å². The highest BCUT2D eigenvalue weighted by Crippen LogP contribution is 2.32. The number of hydrogen-bond donors (Lipinski definition) is 0. The summed E-state index contributed by atoms with van der Waals surface area (Å²) in [5.41, 5.74) is 1.39. The summed E-state index contributed by atoms with van der Waals surface area (Å²) < 4.78 is 52.1. The van der Waals surface area contributed by atoms with Crippen molar-refractivity contribution in [3.63, 3.8) is 0 Å². The van der Waals surface area contributed by atoms with E-state index in [4.69, 9.17) is 0 Å². The normalized spacial score (nSPS) is 15.6. The van der Waals surface area contributed by atoms with Gasteiger partial charge in [-0.3, -0.25) is 14.7 Å². The van der Waals surface area contributed by atoms with E-state index in [-0.39, 0.29) is 12.2 Å². The van der Waals surface area contributed by atoms with Crippen molar-refractivity contribution in [3.8, 4) is 0 Å². The summed E-state index contributed by atoms with van der Waals surface area (Å²) in [4.78, 5) is 16.7. The molecule has 1 aromatic carbocycles. The molecular weight excluding hydrogens is 360 g/mol. The van der Waals surface area contributed by atoms with E-state index in [1.807, 2.05) is 6.07 Å². The van der Waals surface area contributed by atoms with Crippen LogP contribution in [0, 0.1) is 5.82 Å². The number of nitrogens with zero attached hydrogens (tertiary/aromatic N) is 2. The van der Waals surface area contributed by atoms with Gasteiger partial charge in [0, 0.05) is 11.9 Å². The van der Waals surface area contributed by atoms with Gasteiger partial charge >= 0.3 is 12.1 Å². The second-order valence-corrected chi connectivity index (χ2v) is 6.78. The topological polar surface area (TPSA) is 33.2 Å². The molecule has 1 saturated carbocycles. The molecule has 0 atom stereocenters. The first kappa shape index (κ1) is 19.3. The summed E-state index contributed by atoms with van der Waals surface area (Å²) in [6, 6.07) is 7.87. The smallest absolute Gasteiger partial charge is 0.299 e. The zero-order valence-electron chi connectivity index (χ0n) is 14.7. The van der Waals surface area contributed by atoms with Crippen molar-refractivity contribution >= 4 is 11.6 Å². The lowest BCUT2D eigenvalue weighted by atomic mass is 9.85. The number of rotatable bonds is 4. The number of aromatic nitrogens is 1. The zero-order chi connectivity index (χ0) is 19.4. The summed E-state index contributed by atoms with van der Waals surface area (Å²) in [7, 11) is 0. The van der Waals surface area contributed by atoms with E-state index >= 15 is 0 Å². The van der Waals surface area contributed by atoms with Gasteiger partial charge in [-0.15, -0.1) is 0 Å². The second-order valence-electron chi connectivity index (χ2n) is 6.78. The molecule has 0 aliphatic heterocycles. The molecular formula is C20H20F4N2O. The highest BCUT2D eigenvalue weighted by molar-refractivity contribution is 5.97. The minimum Gasteiger partial charge on any atom is -0.299 e. The molecule has 2 aromatic rings. The summed E-state index contributed by atoms with van der Waals surface area (Å²) in [5.74, 6) is -2.16. The molecule has 0 unspecified atom stereocenters. The Morgan fingerprint density at radius 2 is 1.70 bits per heavy atom. The Bertz CT molecular complexity index is 766. The third-order valence-corrected chi connectivity index (χ3v) is 4.87. The van der Waals surface area contributed by atoms with Crippen LogP contribution < -0.4 is 4.90 Å². The molecule has 0 bridgehead atoms. The summed E-state index contributed by atoms with van der Waals surface area (Å²) in [6.45, 7) is -0.338. The first-order chi connectivity index (χ1) is 12.8. The van der Waals surface area contributed by atoms with Gasteiger partial charge in [0.05, 0.1) is 12.2 Å². The van der Waals surface area contributed by atoms with Gasteiger partial charge in [-0.2, -0.15) is 13.2 Å². The van der Waals surface area contributed by atoms with Crippen LogP contribution in [-0.4, -0.2) is 17.1 Å². The maximum absolute atomic E-state index is 13.1. The standard InChI is InChI=1S/C20H20F4N2O/c21-16-7-10-18(11-8-16)26(19(27)20(22,23)24)13-17-9-6-15(12-25-17)14-4-2-1-3-5-14/h6-12,14H,1-5,13H2. The molecule has 1 aliphatic rings. The minimum absolute atomic E-state index is 0.0307. The minimum atomic E-state index is -5.03. The first-order valence-electron chi connectivity index (χ1n) is 8.93. The number of anilines is 1. The molecule has 0 spiro atoms. The number of alkyl halides is 3. The number of benzene rings is 1. The quantitative estimate of drug-likeness (QED) is 0.669.